The van der Waals surface area contributed by atoms with Crippen LogP contribution < -0.4 is 5.32 Å². The number of nitrogens with one attached hydrogen (secondary N) is 1. The SMILES string of the molecule is C[C@@H](NC(=O)[C@@H]1CC1(Cl)Cl)c1ccccc1. The quantitative estimate of drug-likeness (QED) is 0.829. The van der Waals surface area contributed by atoms with Crippen molar-refractivity contribution < 1.29 is 4.79 Å². The number of halogens is 2. The molecule has 1 N–H and O–H groups in total. The molecule has 0 spiro atoms. The van der Waals surface area contributed by atoms with Crippen molar-refractivity contribution in [2.75, 3.05) is 0 Å². The Balaban J connectivity index is 1.94. The van der Waals surface area contributed by atoms with Gasteiger partial charge in [-0.2, -0.15) is 0 Å². The Labute approximate surface area is 105 Å². The minimum atomic E-state index is -0.847. The molecule has 86 valence electrons. The summed E-state index contributed by atoms with van der Waals surface area (Å²) in [5, 5.41) is 2.91. The largest absolute Gasteiger partial charge is 0.349 e. The van der Waals surface area contributed by atoms with Crippen molar-refractivity contribution in [2.45, 2.75) is 23.7 Å². The predicted octanol–water partition coefficient (Wildman–Crippen LogP) is 3.06. The zero-order valence-electron chi connectivity index (χ0n) is 8.91. The van der Waals surface area contributed by atoms with Gasteiger partial charge in [-0.15, -0.1) is 23.2 Å². The normalized spacial score (nSPS) is 23.6. The van der Waals surface area contributed by atoms with Gasteiger partial charge in [0.25, 0.3) is 0 Å². The molecule has 0 unspecified atom stereocenters. The molecule has 1 aromatic carbocycles. The summed E-state index contributed by atoms with van der Waals surface area (Å²) in [6.45, 7) is 1.94. The molecular formula is C12H13Cl2NO. The Morgan fingerprint density at radius 1 is 1.44 bits per heavy atom. The fourth-order valence-corrected chi connectivity index (χ4v) is 2.14. The molecular weight excluding hydrogens is 245 g/mol. The minimum Gasteiger partial charge on any atom is -0.349 e. The van der Waals surface area contributed by atoms with Gasteiger partial charge in [-0.05, 0) is 18.9 Å². The number of carbonyl (C=O) groups excluding carboxylic acids is 1. The number of hydrogen-bond donors (Lipinski definition) is 1. The number of hydrogen-bond acceptors (Lipinski definition) is 1. The van der Waals surface area contributed by atoms with E-state index in [1.54, 1.807) is 0 Å². The molecule has 0 heterocycles. The summed E-state index contributed by atoms with van der Waals surface area (Å²) in [5.74, 6) is -0.330. The highest BCUT2D eigenvalue weighted by molar-refractivity contribution is 6.52. The number of alkyl halides is 2. The van der Waals surface area contributed by atoms with E-state index in [2.05, 4.69) is 5.32 Å². The van der Waals surface area contributed by atoms with Crippen LogP contribution in [0.15, 0.2) is 30.3 Å². The van der Waals surface area contributed by atoms with Crippen LogP contribution in [0.25, 0.3) is 0 Å². The standard InChI is InChI=1S/C12H13Cl2NO/c1-8(9-5-3-2-4-6-9)15-11(16)10-7-12(10,13)14/h2-6,8,10H,7H2,1H3,(H,15,16)/t8-,10+/m1/s1. The first kappa shape index (κ1) is 11.7. The minimum absolute atomic E-state index is 0.0153. The van der Waals surface area contributed by atoms with Crippen molar-refractivity contribution in [3.63, 3.8) is 0 Å². The van der Waals surface area contributed by atoms with Gasteiger partial charge in [-0.3, -0.25) is 4.79 Å². The molecule has 0 radical (unpaired) electrons. The van der Waals surface area contributed by atoms with Crippen LogP contribution in [-0.2, 0) is 4.79 Å². The predicted molar refractivity (Wildman–Crippen MR) is 65.5 cm³/mol. The maximum atomic E-state index is 11.7. The van der Waals surface area contributed by atoms with Crippen molar-refractivity contribution in [1.82, 2.24) is 5.32 Å². The molecule has 4 heteroatoms. The lowest BCUT2D eigenvalue weighted by Gasteiger charge is -2.14. The number of rotatable bonds is 3. The third-order valence-corrected chi connectivity index (χ3v) is 3.64. The molecule has 1 amide bonds. The first-order chi connectivity index (χ1) is 7.50. The van der Waals surface area contributed by atoms with Crippen LogP contribution in [-0.4, -0.2) is 10.2 Å². The molecule has 0 bridgehead atoms. The topological polar surface area (TPSA) is 29.1 Å². The maximum absolute atomic E-state index is 11.7. The Hall–Kier alpha value is -0.730. The van der Waals surface area contributed by atoms with Gasteiger partial charge >= 0.3 is 0 Å². The Kier molecular flexibility index (Phi) is 3.13. The van der Waals surface area contributed by atoms with Gasteiger partial charge in [0, 0.05) is 0 Å². The fourth-order valence-electron chi connectivity index (χ4n) is 1.64. The summed E-state index contributed by atoms with van der Waals surface area (Å²) in [6.07, 6.45) is 0.545. The third kappa shape index (κ3) is 2.50. The first-order valence-corrected chi connectivity index (χ1v) is 5.99. The van der Waals surface area contributed by atoms with Crippen molar-refractivity contribution in [2.24, 2.45) is 5.92 Å². The van der Waals surface area contributed by atoms with Crippen LogP contribution in [0.3, 0.4) is 0 Å². The zero-order valence-corrected chi connectivity index (χ0v) is 10.4. The van der Waals surface area contributed by atoms with E-state index in [9.17, 15) is 4.79 Å². The molecule has 0 saturated heterocycles. The number of carbonyl (C=O) groups is 1. The molecule has 16 heavy (non-hydrogen) atoms. The van der Waals surface area contributed by atoms with Crippen LogP contribution in [0.4, 0.5) is 0 Å². The molecule has 1 fully saturated rings. The van der Waals surface area contributed by atoms with E-state index in [1.165, 1.54) is 0 Å². The third-order valence-electron chi connectivity index (χ3n) is 2.80. The van der Waals surface area contributed by atoms with Crippen LogP contribution in [0, 0.1) is 5.92 Å². The highest BCUT2D eigenvalue weighted by atomic mass is 35.5. The lowest BCUT2D eigenvalue weighted by atomic mass is 10.1. The first-order valence-electron chi connectivity index (χ1n) is 5.24. The second-order valence-corrected chi connectivity index (χ2v) is 5.70. The smallest absolute Gasteiger partial charge is 0.226 e. The van der Waals surface area contributed by atoms with Crippen LogP contribution >= 0.6 is 23.2 Å². The van der Waals surface area contributed by atoms with Gasteiger partial charge in [0.05, 0.1) is 12.0 Å². The second-order valence-electron chi connectivity index (χ2n) is 4.16. The van der Waals surface area contributed by atoms with Crippen molar-refractivity contribution in [1.29, 1.82) is 0 Å². The monoisotopic (exact) mass is 257 g/mol. The van der Waals surface area contributed by atoms with E-state index in [0.29, 0.717) is 6.42 Å². The van der Waals surface area contributed by atoms with Crippen molar-refractivity contribution in [3.8, 4) is 0 Å². The van der Waals surface area contributed by atoms with Crippen LogP contribution in [0.5, 0.6) is 0 Å². The van der Waals surface area contributed by atoms with E-state index in [-0.39, 0.29) is 17.9 Å². The molecule has 0 aliphatic heterocycles. The van der Waals surface area contributed by atoms with Crippen molar-refractivity contribution >= 4 is 29.1 Å². The van der Waals surface area contributed by atoms with Gasteiger partial charge in [0.15, 0.2) is 0 Å². The van der Waals surface area contributed by atoms with Gasteiger partial charge in [0.1, 0.15) is 4.33 Å². The highest BCUT2D eigenvalue weighted by Gasteiger charge is 2.56. The van der Waals surface area contributed by atoms with Gasteiger partial charge in [-0.1, -0.05) is 30.3 Å². The van der Waals surface area contributed by atoms with Crippen LogP contribution in [0.2, 0.25) is 0 Å². The Morgan fingerprint density at radius 2 is 2.00 bits per heavy atom. The molecule has 0 aromatic heterocycles. The molecule has 1 aromatic rings. The number of amides is 1. The maximum Gasteiger partial charge on any atom is 0.226 e. The summed E-state index contributed by atoms with van der Waals surface area (Å²) >= 11 is 11.7. The van der Waals surface area contributed by atoms with Gasteiger partial charge < -0.3 is 5.32 Å². The molecule has 2 atom stereocenters. The van der Waals surface area contributed by atoms with E-state index in [0.717, 1.165) is 5.56 Å². The summed E-state index contributed by atoms with van der Waals surface area (Å²) in [6, 6.07) is 9.78. The molecule has 1 aliphatic rings. The van der Waals surface area contributed by atoms with Crippen molar-refractivity contribution in [3.05, 3.63) is 35.9 Å². The lowest BCUT2D eigenvalue weighted by Crippen LogP contribution is -2.29. The Morgan fingerprint density at radius 3 is 2.50 bits per heavy atom. The highest BCUT2D eigenvalue weighted by Crippen LogP contribution is 2.53. The lowest BCUT2D eigenvalue weighted by molar-refractivity contribution is -0.123. The molecule has 1 saturated carbocycles. The Bertz CT molecular complexity index is 391. The van der Waals surface area contributed by atoms with E-state index < -0.39 is 4.33 Å². The average molecular weight is 258 g/mol. The average Bonchev–Trinajstić information content (AvgIpc) is 2.89. The van der Waals surface area contributed by atoms with Crippen LogP contribution in [0.1, 0.15) is 24.9 Å². The van der Waals surface area contributed by atoms with Gasteiger partial charge in [-0.25, -0.2) is 0 Å². The summed E-state index contributed by atoms with van der Waals surface area (Å²) in [7, 11) is 0. The van der Waals surface area contributed by atoms with E-state index in [4.69, 9.17) is 23.2 Å². The van der Waals surface area contributed by atoms with Gasteiger partial charge in [0.2, 0.25) is 5.91 Å². The fraction of sp³-hybridized carbons (Fsp3) is 0.417. The summed E-state index contributed by atoms with van der Waals surface area (Å²) in [4.78, 5) is 11.7. The van der Waals surface area contributed by atoms with E-state index in [1.807, 2.05) is 37.3 Å². The summed E-state index contributed by atoms with van der Waals surface area (Å²) in [5.41, 5.74) is 1.08. The second kappa shape index (κ2) is 4.27. The summed E-state index contributed by atoms with van der Waals surface area (Å²) < 4.78 is -0.847. The molecule has 2 rings (SSSR count). The molecule has 1 aliphatic carbocycles. The van der Waals surface area contributed by atoms with E-state index >= 15 is 0 Å². The number of benzene rings is 1. The molecule has 2 nitrogen and oxygen atoms in total. The zero-order chi connectivity index (χ0) is 11.8.